The number of methoxy groups -OCH3 is 1. The van der Waals surface area contributed by atoms with E-state index in [0.29, 0.717) is 17.5 Å². The molecule has 0 spiro atoms. The number of aryl methyl sites for hydroxylation is 2. The minimum absolute atomic E-state index is 0.356. The Bertz CT molecular complexity index is 1100. The van der Waals surface area contributed by atoms with Crippen molar-refractivity contribution < 1.29 is 18.3 Å². The zero-order valence-corrected chi connectivity index (χ0v) is 19.3. The maximum atomic E-state index is 13.9. The van der Waals surface area contributed by atoms with Crippen LogP contribution in [0.5, 0.6) is 0 Å². The topological polar surface area (TPSA) is 26.3 Å². The van der Waals surface area contributed by atoms with Gasteiger partial charge in [-0.3, -0.25) is 0 Å². The number of hydrogen-bond acceptors (Lipinski definition) is 3. The molecule has 0 aliphatic heterocycles. The first-order valence-corrected chi connectivity index (χ1v) is 11.4. The van der Waals surface area contributed by atoms with Gasteiger partial charge in [0.05, 0.1) is 12.7 Å². The third-order valence-electron chi connectivity index (χ3n) is 5.24. The van der Waals surface area contributed by atoms with Crippen LogP contribution >= 0.6 is 11.8 Å². The molecule has 3 aromatic carbocycles. The molecule has 166 valence electrons. The molecular weight excluding hydrogens is 426 g/mol. The first kappa shape index (κ1) is 23.7. The highest BCUT2D eigenvalue weighted by Gasteiger charge is 2.09. The lowest BCUT2D eigenvalue weighted by molar-refractivity contribution is 0.0600. The molecule has 5 heteroatoms. The van der Waals surface area contributed by atoms with Crippen molar-refractivity contribution in [3.05, 3.63) is 100 Å². The lowest BCUT2D eigenvalue weighted by atomic mass is 9.97. The van der Waals surface area contributed by atoms with E-state index in [9.17, 15) is 13.6 Å². The van der Waals surface area contributed by atoms with Gasteiger partial charge in [-0.2, -0.15) is 0 Å². The molecule has 0 fully saturated rings. The minimum Gasteiger partial charge on any atom is -0.465 e. The maximum Gasteiger partial charge on any atom is 0.337 e. The normalized spacial score (nSPS) is 11.5. The van der Waals surface area contributed by atoms with Crippen molar-refractivity contribution in [1.82, 2.24) is 0 Å². The standard InChI is InChI=1S/C27H26F2O2S/c1-18-6-7-20(13-19(18)2)14-22(23-15-24(28)17-25(29)16-23)5-4-12-32-26-10-8-21(9-11-26)27(30)31-3/h6-11,13-17H,4-5,12H2,1-3H3/b22-14+. The van der Waals surface area contributed by atoms with Crippen LogP contribution in [0.2, 0.25) is 0 Å². The van der Waals surface area contributed by atoms with Crippen molar-refractivity contribution in [1.29, 1.82) is 0 Å². The van der Waals surface area contributed by atoms with Gasteiger partial charge >= 0.3 is 5.97 Å². The third-order valence-corrected chi connectivity index (χ3v) is 6.34. The molecule has 2 nitrogen and oxygen atoms in total. The zero-order chi connectivity index (χ0) is 23.1. The van der Waals surface area contributed by atoms with Crippen LogP contribution in [0.1, 0.15) is 45.5 Å². The van der Waals surface area contributed by atoms with Gasteiger partial charge in [-0.15, -0.1) is 11.8 Å². The Morgan fingerprint density at radius 3 is 2.22 bits per heavy atom. The number of thioether (sulfide) groups is 1. The highest BCUT2D eigenvalue weighted by molar-refractivity contribution is 7.99. The molecule has 0 saturated carbocycles. The largest absolute Gasteiger partial charge is 0.465 e. The van der Waals surface area contributed by atoms with Crippen LogP contribution in [0, 0.1) is 25.5 Å². The summed E-state index contributed by atoms with van der Waals surface area (Å²) in [5.41, 5.74) is 5.37. The number of allylic oxidation sites excluding steroid dienone is 1. The molecule has 0 heterocycles. The monoisotopic (exact) mass is 452 g/mol. The van der Waals surface area contributed by atoms with E-state index in [0.717, 1.165) is 34.3 Å². The van der Waals surface area contributed by atoms with Gasteiger partial charge in [-0.05, 0) is 96.7 Å². The Kier molecular flexibility index (Phi) is 8.23. The summed E-state index contributed by atoms with van der Waals surface area (Å²) >= 11 is 1.68. The third kappa shape index (κ3) is 6.54. The van der Waals surface area contributed by atoms with E-state index in [2.05, 4.69) is 26.0 Å². The van der Waals surface area contributed by atoms with Crippen LogP contribution in [-0.4, -0.2) is 18.8 Å². The van der Waals surface area contributed by atoms with Gasteiger partial charge in [0.25, 0.3) is 0 Å². The molecule has 0 aliphatic carbocycles. The summed E-state index contributed by atoms with van der Waals surface area (Å²) in [6.07, 6.45) is 3.53. The molecular formula is C27H26F2O2S. The van der Waals surface area contributed by atoms with Gasteiger partial charge < -0.3 is 4.74 Å². The number of rotatable bonds is 8. The lowest BCUT2D eigenvalue weighted by Gasteiger charge is -2.11. The van der Waals surface area contributed by atoms with Gasteiger partial charge in [-0.25, -0.2) is 13.6 Å². The molecule has 0 bridgehead atoms. The molecule has 32 heavy (non-hydrogen) atoms. The van der Waals surface area contributed by atoms with Crippen LogP contribution < -0.4 is 0 Å². The number of ether oxygens (including phenoxy) is 1. The lowest BCUT2D eigenvalue weighted by Crippen LogP contribution is -2.00. The smallest absolute Gasteiger partial charge is 0.337 e. The fraction of sp³-hybridized carbons (Fsp3) is 0.222. The maximum absolute atomic E-state index is 13.9. The molecule has 0 atom stereocenters. The van der Waals surface area contributed by atoms with Crippen molar-refractivity contribution in [2.75, 3.05) is 12.9 Å². The molecule has 0 aromatic heterocycles. The van der Waals surface area contributed by atoms with Crippen molar-refractivity contribution in [3.63, 3.8) is 0 Å². The molecule has 0 unspecified atom stereocenters. The summed E-state index contributed by atoms with van der Waals surface area (Å²) in [5.74, 6) is -0.679. The zero-order valence-electron chi connectivity index (χ0n) is 18.5. The van der Waals surface area contributed by atoms with Gasteiger partial charge in [0, 0.05) is 11.0 Å². The van der Waals surface area contributed by atoms with Crippen molar-refractivity contribution in [3.8, 4) is 0 Å². The summed E-state index contributed by atoms with van der Waals surface area (Å²) in [6.45, 7) is 4.11. The summed E-state index contributed by atoms with van der Waals surface area (Å²) in [7, 11) is 1.36. The van der Waals surface area contributed by atoms with Gasteiger partial charge in [0.15, 0.2) is 0 Å². The van der Waals surface area contributed by atoms with Crippen LogP contribution in [0.15, 0.2) is 65.6 Å². The molecule has 0 radical (unpaired) electrons. The Hall–Kier alpha value is -2.92. The molecule has 3 aromatic rings. The summed E-state index contributed by atoms with van der Waals surface area (Å²) in [6, 6.07) is 17.1. The summed E-state index contributed by atoms with van der Waals surface area (Å²) < 4.78 is 32.4. The average Bonchev–Trinajstić information content (AvgIpc) is 2.77. The average molecular weight is 453 g/mol. The van der Waals surface area contributed by atoms with Crippen LogP contribution in [-0.2, 0) is 4.74 Å². The van der Waals surface area contributed by atoms with Crippen LogP contribution in [0.3, 0.4) is 0 Å². The molecule has 0 amide bonds. The van der Waals surface area contributed by atoms with E-state index >= 15 is 0 Å². The van der Waals surface area contributed by atoms with Crippen LogP contribution in [0.25, 0.3) is 11.6 Å². The molecule has 0 aliphatic rings. The van der Waals surface area contributed by atoms with Crippen molar-refractivity contribution in [2.24, 2.45) is 0 Å². The van der Waals surface area contributed by atoms with E-state index in [4.69, 9.17) is 4.74 Å². The number of carbonyl (C=O) groups is 1. The number of carbonyl (C=O) groups excluding carboxylic acids is 1. The second kappa shape index (κ2) is 11.1. The Labute approximate surface area is 192 Å². The van der Waals surface area contributed by atoms with E-state index in [1.807, 2.05) is 24.3 Å². The second-order valence-electron chi connectivity index (χ2n) is 7.64. The highest BCUT2D eigenvalue weighted by Crippen LogP contribution is 2.28. The second-order valence-corrected chi connectivity index (χ2v) is 8.81. The fourth-order valence-electron chi connectivity index (χ4n) is 3.35. The molecule has 3 rings (SSSR count). The predicted octanol–water partition coefficient (Wildman–Crippen LogP) is 7.48. The van der Waals surface area contributed by atoms with Gasteiger partial charge in [-0.1, -0.05) is 24.3 Å². The summed E-state index contributed by atoms with van der Waals surface area (Å²) in [5, 5.41) is 0. The van der Waals surface area contributed by atoms with Crippen molar-refractivity contribution in [2.45, 2.75) is 31.6 Å². The van der Waals surface area contributed by atoms with Gasteiger partial charge in [0.2, 0.25) is 0 Å². The number of esters is 1. The summed E-state index contributed by atoms with van der Waals surface area (Å²) in [4.78, 5) is 12.6. The predicted molar refractivity (Wildman–Crippen MR) is 128 cm³/mol. The van der Waals surface area contributed by atoms with E-state index < -0.39 is 11.6 Å². The van der Waals surface area contributed by atoms with E-state index in [1.165, 1.54) is 30.4 Å². The van der Waals surface area contributed by atoms with E-state index in [1.54, 1.807) is 23.9 Å². The Morgan fingerprint density at radius 1 is 0.906 bits per heavy atom. The van der Waals surface area contributed by atoms with Gasteiger partial charge in [0.1, 0.15) is 11.6 Å². The number of halogens is 2. The Morgan fingerprint density at radius 2 is 1.59 bits per heavy atom. The Balaban J connectivity index is 1.72. The van der Waals surface area contributed by atoms with E-state index in [-0.39, 0.29) is 5.97 Å². The first-order valence-electron chi connectivity index (χ1n) is 10.4. The number of hydrogen-bond donors (Lipinski definition) is 0. The van der Waals surface area contributed by atoms with Crippen LogP contribution in [0.4, 0.5) is 8.78 Å². The molecule has 0 saturated heterocycles. The SMILES string of the molecule is COC(=O)c1ccc(SCCC/C(=C\c2ccc(C)c(C)c2)c2cc(F)cc(F)c2)cc1. The minimum atomic E-state index is -0.578. The first-order chi connectivity index (χ1) is 15.4. The number of benzene rings is 3. The highest BCUT2D eigenvalue weighted by atomic mass is 32.2. The van der Waals surface area contributed by atoms with Crippen molar-refractivity contribution >= 4 is 29.4 Å². The quantitative estimate of drug-likeness (QED) is 0.153. The fourth-order valence-corrected chi connectivity index (χ4v) is 4.21. The molecule has 0 N–H and O–H groups in total.